The molecule has 1 atom stereocenters. The summed E-state index contributed by atoms with van der Waals surface area (Å²) in [6, 6.07) is 14.9. The van der Waals surface area contributed by atoms with E-state index < -0.39 is 21.9 Å². The molecule has 0 aliphatic carbocycles. The Morgan fingerprint density at radius 3 is 2.36 bits per heavy atom. The van der Waals surface area contributed by atoms with Crippen molar-refractivity contribution in [2.75, 3.05) is 6.26 Å². The molecule has 0 amide bonds. The standard InChI is InChI=1S/C16H15FN2O2S/c1-22(20,21)19-16(13-9-5-6-10-14(13)17)11-15(18-19)12-7-3-2-4-8-12/h2-10,16H,11H2,1H3/t16-/m0/s1. The van der Waals surface area contributed by atoms with Crippen molar-refractivity contribution in [3.05, 3.63) is 71.5 Å². The second kappa shape index (κ2) is 5.53. The van der Waals surface area contributed by atoms with E-state index in [9.17, 15) is 12.8 Å². The predicted molar refractivity (Wildman–Crippen MR) is 83.4 cm³/mol. The molecule has 1 aliphatic heterocycles. The number of halogens is 1. The fourth-order valence-corrected chi connectivity index (χ4v) is 3.47. The topological polar surface area (TPSA) is 49.7 Å². The molecule has 0 unspecified atom stereocenters. The summed E-state index contributed by atoms with van der Waals surface area (Å²) in [4.78, 5) is 0. The van der Waals surface area contributed by atoms with Gasteiger partial charge in [0, 0.05) is 12.0 Å². The smallest absolute Gasteiger partial charge is 0.207 e. The molecule has 0 N–H and O–H groups in total. The zero-order valence-corrected chi connectivity index (χ0v) is 12.8. The highest BCUT2D eigenvalue weighted by Crippen LogP contribution is 2.35. The van der Waals surface area contributed by atoms with Crippen LogP contribution in [0.2, 0.25) is 0 Å². The van der Waals surface area contributed by atoms with Gasteiger partial charge < -0.3 is 0 Å². The Morgan fingerprint density at radius 1 is 1.09 bits per heavy atom. The van der Waals surface area contributed by atoms with E-state index in [1.165, 1.54) is 6.07 Å². The maximum atomic E-state index is 14.1. The first-order valence-corrected chi connectivity index (χ1v) is 8.68. The Bertz CT molecular complexity index is 819. The summed E-state index contributed by atoms with van der Waals surface area (Å²) in [6.45, 7) is 0. The van der Waals surface area contributed by atoms with Crippen molar-refractivity contribution in [3.8, 4) is 0 Å². The first kappa shape index (κ1) is 14.7. The molecule has 3 rings (SSSR count). The normalized spacial score (nSPS) is 18.4. The molecule has 0 saturated heterocycles. The van der Waals surface area contributed by atoms with E-state index >= 15 is 0 Å². The molecule has 0 spiro atoms. The average molecular weight is 318 g/mol. The Balaban J connectivity index is 2.04. The van der Waals surface area contributed by atoms with Gasteiger partial charge in [-0.25, -0.2) is 12.8 Å². The molecular weight excluding hydrogens is 303 g/mol. The van der Waals surface area contributed by atoms with Crippen molar-refractivity contribution in [1.82, 2.24) is 4.41 Å². The lowest BCUT2D eigenvalue weighted by Gasteiger charge is -2.21. The summed E-state index contributed by atoms with van der Waals surface area (Å²) in [7, 11) is -3.58. The molecule has 4 nitrogen and oxygen atoms in total. The van der Waals surface area contributed by atoms with Gasteiger partial charge in [0.05, 0.1) is 18.0 Å². The molecule has 1 aliphatic rings. The first-order chi connectivity index (χ1) is 10.5. The third-order valence-corrected chi connectivity index (χ3v) is 4.60. The molecule has 6 heteroatoms. The summed E-state index contributed by atoms with van der Waals surface area (Å²) in [5.41, 5.74) is 1.82. The predicted octanol–water partition coefficient (Wildman–Crippen LogP) is 2.94. The molecule has 114 valence electrons. The van der Waals surface area contributed by atoms with Gasteiger partial charge in [0.1, 0.15) is 5.82 Å². The van der Waals surface area contributed by atoms with E-state index in [2.05, 4.69) is 5.10 Å². The van der Waals surface area contributed by atoms with E-state index in [0.29, 0.717) is 17.7 Å². The molecule has 0 fully saturated rings. The number of hydrazone groups is 1. The number of hydrogen-bond donors (Lipinski definition) is 0. The minimum Gasteiger partial charge on any atom is -0.207 e. The molecule has 2 aromatic carbocycles. The van der Waals surface area contributed by atoms with Gasteiger partial charge >= 0.3 is 0 Å². The maximum absolute atomic E-state index is 14.1. The van der Waals surface area contributed by atoms with Crippen LogP contribution in [0.25, 0.3) is 0 Å². The van der Waals surface area contributed by atoms with Crippen LogP contribution in [0.5, 0.6) is 0 Å². The molecule has 0 bridgehead atoms. The Labute approximate surface area is 128 Å². The van der Waals surface area contributed by atoms with Gasteiger partial charge in [0.25, 0.3) is 0 Å². The number of benzene rings is 2. The molecule has 1 heterocycles. The highest BCUT2D eigenvalue weighted by Gasteiger charge is 2.35. The van der Waals surface area contributed by atoms with Crippen LogP contribution in [-0.4, -0.2) is 24.8 Å². The van der Waals surface area contributed by atoms with Crippen molar-refractivity contribution in [1.29, 1.82) is 0 Å². The lowest BCUT2D eigenvalue weighted by molar-refractivity contribution is 0.365. The molecular formula is C16H15FN2O2S. The molecule has 2 aromatic rings. The highest BCUT2D eigenvalue weighted by atomic mass is 32.2. The summed E-state index contributed by atoms with van der Waals surface area (Å²) in [5, 5.41) is 4.22. The van der Waals surface area contributed by atoms with Crippen LogP contribution in [-0.2, 0) is 10.0 Å². The van der Waals surface area contributed by atoms with E-state index in [1.807, 2.05) is 30.3 Å². The third-order valence-electron chi connectivity index (χ3n) is 3.58. The first-order valence-electron chi connectivity index (χ1n) is 6.83. The minimum absolute atomic E-state index is 0.336. The second-order valence-corrected chi connectivity index (χ2v) is 7.03. The maximum Gasteiger partial charge on any atom is 0.247 e. The molecule has 0 radical (unpaired) electrons. The molecule has 22 heavy (non-hydrogen) atoms. The lowest BCUT2D eigenvalue weighted by Crippen LogP contribution is -2.26. The van der Waals surface area contributed by atoms with Crippen molar-refractivity contribution < 1.29 is 12.8 Å². The number of sulfonamides is 1. The van der Waals surface area contributed by atoms with Gasteiger partial charge in [-0.3, -0.25) is 0 Å². The van der Waals surface area contributed by atoms with Crippen molar-refractivity contribution in [2.45, 2.75) is 12.5 Å². The van der Waals surface area contributed by atoms with Gasteiger partial charge in [0.15, 0.2) is 0 Å². The summed E-state index contributed by atoms with van der Waals surface area (Å²) >= 11 is 0. The zero-order valence-electron chi connectivity index (χ0n) is 12.0. The Kier molecular flexibility index (Phi) is 3.70. The van der Waals surface area contributed by atoms with Crippen LogP contribution in [0.1, 0.15) is 23.6 Å². The van der Waals surface area contributed by atoms with Crippen LogP contribution >= 0.6 is 0 Å². The molecule has 0 saturated carbocycles. The van der Waals surface area contributed by atoms with E-state index in [-0.39, 0.29) is 0 Å². The fraction of sp³-hybridized carbons (Fsp3) is 0.188. The monoisotopic (exact) mass is 318 g/mol. The second-order valence-electron chi connectivity index (χ2n) is 5.19. The number of hydrogen-bond acceptors (Lipinski definition) is 3. The van der Waals surface area contributed by atoms with Gasteiger partial charge in [0.2, 0.25) is 10.0 Å². The minimum atomic E-state index is -3.58. The lowest BCUT2D eigenvalue weighted by atomic mass is 9.99. The van der Waals surface area contributed by atoms with Crippen LogP contribution < -0.4 is 0 Å². The SMILES string of the molecule is CS(=O)(=O)N1N=C(c2ccccc2)C[C@H]1c1ccccc1F. The Hall–Kier alpha value is -2.21. The van der Waals surface area contributed by atoms with Gasteiger partial charge in [-0.15, -0.1) is 0 Å². The average Bonchev–Trinajstić information content (AvgIpc) is 2.94. The van der Waals surface area contributed by atoms with Gasteiger partial charge in [-0.2, -0.15) is 9.52 Å². The Morgan fingerprint density at radius 2 is 1.73 bits per heavy atom. The highest BCUT2D eigenvalue weighted by molar-refractivity contribution is 7.88. The zero-order chi connectivity index (χ0) is 15.7. The number of nitrogens with zero attached hydrogens (tertiary/aromatic N) is 2. The summed E-state index contributed by atoms with van der Waals surface area (Å²) in [5.74, 6) is -0.425. The van der Waals surface area contributed by atoms with E-state index in [1.54, 1.807) is 18.2 Å². The van der Waals surface area contributed by atoms with E-state index in [4.69, 9.17) is 0 Å². The fourth-order valence-electron chi connectivity index (χ4n) is 2.58. The van der Waals surface area contributed by atoms with Crippen LogP contribution in [0.4, 0.5) is 4.39 Å². The van der Waals surface area contributed by atoms with Crippen LogP contribution in [0.15, 0.2) is 59.7 Å². The van der Waals surface area contributed by atoms with Gasteiger partial charge in [-0.05, 0) is 11.6 Å². The largest absolute Gasteiger partial charge is 0.247 e. The van der Waals surface area contributed by atoms with Crippen LogP contribution in [0.3, 0.4) is 0 Å². The summed E-state index contributed by atoms with van der Waals surface area (Å²) < 4.78 is 39.1. The summed E-state index contributed by atoms with van der Waals surface area (Å²) in [6.07, 6.45) is 1.43. The third kappa shape index (κ3) is 2.74. The molecule has 0 aromatic heterocycles. The number of rotatable bonds is 3. The van der Waals surface area contributed by atoms with Crippen LogP contribution in [0, 0.1) is 5.82 Å². The van der Waals surface area contributed by atoms with E-state index in [0.717, 1.165) is 16.2 Å². The van der Waals surface area contributed by atoms with Crippen molar-refractivity contribution in [3.63, 3.8) is 0 Å². The van der Waals surface area contributed by atoms with Crippen molar-refractivity contribution in [2.24, 2.45) is 5.10 Å². The van der Waals surface area contributed by atoms with Crippen molar-refractivity contribution >= 4 is 15.7 Å². The van der Waals surface area contributed by atoms with Gasteiger partial charge in [-0.1, -0.05) is 48.5 Å². The quantitative estimate of drug-likeness (QED) is 0.873.